The van der Waals surface area contributed by atoms with Crippen molar-refractivity contribution in [2.24, 2.45) is 5.92 Å². The van der Waals surface area contributed by atoms with Crippen molar-refractivity contribution in [3.05, 3.63) is 29.8 Å². The van der Waals surface area contributed by atoms with E-state index in [9.17, 15) is 9.59 Å². The van der Waals surface area contributed by atoms with Gasteiger partial charge in [-0.25, -0.2) is 0 Å². The predicted molar refractivity (Wildman–Crippen MR) is 88.4 cm³/mol. The fourth-order valence-corrected chi connectivity index (χ4v) is 2.55. The van der Waals surface area contributed by atoms with E-state index in [1.807, 2.05) is 6.07 Å². The Hall–Kier alpha value is -1.59. The number of amides is 2. The molecule has 120 valence electrons. The normalized spacial score (nSPS) is 20.6. The Morgan fingerprint density at radius 1 is 1.18 bits per heavy atom. The first-order chi connectivity index (χ1) is 10.2. The molecule has 1 aromatic carbocycles. The lowest BCUT2D eigenvalue weighted by molar-refractivity contribution is -0.120. The number of benzene rings is 1. The zero-order valence-electron chi connectivity index (χ0n) is 12.4. The zero-order valence-corrected chi connectivity index (χ0v) is 13.2. The molecule has 1 aromatic rings. The second-order valence-electron chi connectivity index (χ2n) is 5.86. The first-order valence-electron chi connectivity index (χ1n) is 7.65. The zero-order chi connectivity index (χ0) is 14.7. The van der Waals surface area contributed by atoms with Crippen LogP contribution in [0, 0.1) is 5.92 Å². The van der Waals surface area contributed by atoms with Crippen LogP contribution < -0.4 is 16.0 Å². The molecule has 6 heteroatoms. The monoisotopic (exact) mass is 323 g/mol. The van der Waals surface area contributed by atoms with Gasteiger partial charge in [0.15, 0.2) is 0 Å². The van der Waals surface area contributed by atoms with Crippen LogP contribution in [-0.2, 0) is 4.79 Å². The average molecular weight is 324 g/mol. The Bertz CT molecular complexity index is 540. The molecule has 1 aliphatic carbocycles. The molecule has 3 rings (SSSR count). The van der Waals surface area contributed by atoms with E-state index in [1.54, 1.807) is 18.2 Å². The largest absolute Gasteiger partial charge is 0.349 e. The van der Waals surface area contributed by atoms with Crippen molar-refractivity contribution in [1.82, 2.24) is 10.6 Å². The molecule has 0 unspecified atom stereocenters. The Labute approximate surface area is 136 Å². The molecule has 1 heterocycles. The Morgan fingerprint density at radius 3 is 2.68 bits per heavy atom. The maximum Gasteiger partial charge on any atom is 0.251 e. The van der Waals surface area contributed by atoms with E-state index in [-0.39, 0.29) is 30.1 Å². The van der Waals surface area contributed by atoms with Gasteiger partial charge in [0.2, 0.25) is 5.91 Å². The summed E-state index contributed by atoms with van der Waals surface area (Å²) in [5.74, 6) is -0.0161. The first kappa shape index (κ1) is 16.8. The number of rotatable bonds is 4. The predicted octanol–water partition coefficient (Wildman–Crippen LogP) is 1.94. The summed E-state index contributed by atoms with van der Waals surface area (Å²) in [5.41, 5.74) is 1.29. The minimum Gasteiger partial charge on any atom is -0.349 e. The summed E-state index contributed by atoms with van der Waals surface area (Å²) in [6, 6.07) is 7.48. The smallest absolute Gasteiger partial charge is 0.251 e. The van der Waals surface area contributed by atoms with Crippen LogP contribution in [0.4, 0.5) is 5.69 Å². The van der Waals surface area contributed by atoms with Crippen LogP contribution in [0.2, 0.25) is 0 Å². The van der Waals surface area contributed by atoms with Gasteiger partial charge in [-0.05, 0) is 50.4 Å². The van der Waals surface area contributed by atoms with Gasteiger partial charge >= 0.3 is 0 Å². The van der Waals surface area contributed by atoms with Gasteiger partial charge in [-0.15, -0.1) is 12.4 Å². The lowest BCUT2D eigenvalue weighted by Crippen LogP contribution is -2.37. The highest BCUT2D eigenvalue weighted by atomic mass is 35.5. The molecule has 1 atom stereocenters. The third-order valence-corrected chi connectivity index (χ3v) is 3.97. The van der Waals surface area contributed by atoms with E-state index in [0.717, 1.165) is 38.8 Å². The van der Waals surface area contributed by atoms with Gasteiger partial charge in [-0.2, -0.15) is 0 Å². The van der Waals surface area contributed by atoms with Gasteiger partial charge in [0, 0.05) is 23.8 Å². The summed E-state index contributed by atoms with van der Waals surface area (Å²) in [6.45, 7) is 1.72. The standard InChI is InChI=1S/C16H21N3O2.ClH/c20-15(18-13-6-7-13)11-3-1-5-14(9-11)19-16(21)12-4-2-8-17-10-12;/h1,3,5,9,12-13,17H,2,4,6-8,10H2,(H,18,20)(H,19,21);1H/t12-;/m1./s1. The summed E-state index contributed by atoms with van der Waals surface area (Å²) in [4.78, 5) is 24.2. The Balaban J connectivity index is 0.00000176. The topological polar surface area (TPSA) is 70.2 Å². The van der Waals surface area contributed by atoms with Crippen molar-refractivity contribution in [3.8, 4) is 0 Å². The molecule has 0 bridgehead atoms. The van der Waals surface area contributed by atoms with Crippen molar-refractivity contribution >= 4 is 29.9 Å². The van der Waals surface area contributed by atoms with Crippen LogP contribution in [0.25, 0.3) is 0 Å². The number of halogens is 1. The minimum absolute atomic E-state index is 0. The SMILES string of the molecule is Cl.O=C(NC1CC1)c1cccc(NC(=O)[C@@H]2CCCNC2)c1. The molecule has 0 aromatic heterocycles. The summed E-state index contributed by atoms with van der Waals surface area (Å²) < 4.78 is 0. The molecule has 1 saturated heterocycles. The van der Waals surface area contributed by atoms with E-state index in [1.165, 1.54) is 0 Å². The first-order valence-corrected chi connectivity index (χ1v) is 7.65. The maximum atomic E-state index is 12.2. The molecule has 0 radical (unpaired) electrons. The quantitative estimate of drug-likeness (QED) is 0.793. The summed E-state index contributed by atoms with van der Waals surface area (Å²) >= 11 is 0. The van der Waals surface area contributed by atoms with Crippen LogP contribution in [0.1, 0.15) is 36.0 Å². The highest BCUT2D eigenvalue weighted by Gasteiger charge is 2.24. The molecular formula is C16H22ClN3O2. The minimum atomic E-state index is -0.0621. The fourth-order valence-electron chi connectivity index (χ4n) is 2.55. The van der Waals surface area contributed by atoms with Crippen LogP contribution in [0.5, 0.6) is 0 Å². The summed E-state index contributed by atoms with van der Waals surface area (Å²) in [5, 5.41) is 9.10. The number of carbonyl (C=O) groups is 2. The van der Waals surface area contributed by atoms with E-state index >= 15 is 0 Å². The molecule has 2 aliphatic rings. The number of anilines is 1. The van der Waals surface area contributed by atoms with E-state index < -0.39 is 0 Å². The lowest BCUT2D eigenvalue weighted by atomic mass is 9.98. The summed E-state index contributed by atoms with van der Waals surface area (Å²) in [7, 11) is 0. The molecule has 22 heavy (non-hydrogen) atoms. The molecule has 1 saturated carbocycles. The Morgan fingerprint density at radius 2 is 2.00 bits per heavy atom. The van der Waals surface area contributed by atoms with Crippen molar-refractivity contribution in [3.63, 3.8) is 0 Å². The van der Waals surface area contributed by atoms with Gasteiger partial charge in [0.25, 0.3) is 5.91 Å². The van der Waals surface area contributed by atoms with Crippen LogP contribution in [-0.4, -0.2) is 30.9 Å². The van der Waals surface area contributed by atoms with Crippen molar-refractivity contribution in [2.45, 2.75) is 31.7 Å². The van der Waals surface area contributed by atoms with E-state index in [4.69, 9.17) is 0 Å². The highest BCUT2D eigenvalue weighted by Crippen LogP contribution is 2.20. The number of piperidine rings is 1. The summed E-state index contributed by atoms with van der Waals surface area (Å²) in [6.07, 6.45) is 4.08. The van der Waals surface area contributed by atoms with Crippen molar-refractivity contribution < 1.29 is 9.59 Å². The molecule has 3 N–H and O–H groups in total. The van der Waals surface area contributed by atoms with Gasteiger partial charge in [-0.1, -0.05) is 6.07 Å². The maximum absolute atomic E-state index is 12.2. The second kappa shape index (κ2) is 7.61. The molecule has 2 fully saturated rings. The van der Waals surface area contributed by atoms with Crippen molar-refractivity contribution in [1.29, 1.82) is 0 Å². The number of hydrogen-bond acceptors (Lipinski definition) is 3. The van der Waals surface area contributed by atoms with Crippen LogP contribution in [0.3, 0.4) is 0 Å². The second-order valence-corrected chi connectivity index (χ2v) is 5.86. The number of nitrogens with one attached hydrogen (secondary N) is 3. The molecule has 2 amide bonds. The van der Waals surface area contributed by atoms with Crippen LogP contribution >= 0.6 is 12.4 Å². The number of hydrogen-bond donors (Lipinski definition) is 3. The lowest BCUT2D eigenvalue weighted by Gasteiger charge is -2.22. The molecular weight excluding hydrogens is 302 g/mol. The average Bonchev–Trinajstić information content (AvgIpc) is 3.32. The highest BCUT2D eigenvalue weighted by molar-refractivity contribution is 5.98. The third-order valence-electron chi connectivity index (χ3n) is 3.97. The number of carbonyl (C=O) groups excluding carboxylic acids is 2. The molecule has 1 aliphatic heterocycles. The molecule has 0 spiro atoms. The molecule has 5 nitrogen and oxygen atoms in total. The van der Waals surface area contributed by atoms with Crippen molar-refractivity contribution in [2.75, 3.05) is 18.4 Å². The fraction of sp³-hybridized carbons (Fsp3) is 0.500. The van der Waals surface area contributed by atoms with Gasteiger partial charge in [0.1, 0.15) is 0 Å². The van der Waals surface area contributed by atoms with E-state index in [0.29, 0.717) is 17.3 Å². The van der Waals surface area contributed by atoms with Gasteiger partial charge in [0.05, 0.1) is 5.92 Å². The third kappa shape index (κ3) is 4.45. The van der Waals surface area contributed by atoms with Gasteiger partial charge in [-0.3, -0.25) is 9.59 Å². The Kier molecular flexibility index (Phi) is 5.80. The van der Waals surface area contributed by atoms with E-state index in [2.05, 4.69) is 16.0 Å². The van der Waals surface area contributed by atoms with Crippen LogP contribution in [0.15, 0.2) is 24.3 Å². The van der Waals surface area contributed by atoms with Gasteiger partial charge < -0.3 is 16.0 Å².